The van der Waals surface area contributed by atoms with E-state index < -0.39 is 11.4 Å². The number of aryl methyl sites for hydroxylation is 2. The number of fused-ring (bicyclic) bond motifs is 3. The van der Waals surface area contributed by atoms with Gasteiger partial charge in [-0.15, -0.1) is 5.10 Å². The average Bonchev–Trinajstić information content (AvgIpc) is 2.87. The SMILES string of the molecule is O=c1[nH]c2c(c3nn(-c4ccccc4)c(=O)n13)CCCC2. The average molecular weight is 282 g/mol. The lowest BCUT2D eigenvalue weighted by atomic mass is 9.97. The van der Waals surface area contributed by atoms with Crippen LogP contribution in [0.15, 0.2) is 39.9 Å². The predicted octanol–water partition coefficient (Wildman–Crippen LogP) is 1.05. The first-order valence-corrected chi connectivity index (χ1v) is 7.07. The molecule has 2 aromatic heterocycles. The zero-order valence-corrected chi connectivity index (χ0v) is 11.4. The second-order valence-electron chi connectivity index (χ2n) is 5.28. The Bertz CT molecular complexity index is 934. The van der Waals surface area contributed by atoms with Crippen LogP contribution in [0.25, 0.3) is 11.3 Å². The third kappa shape index (κ3) is 1.75. The fourth-order valence-corrected chi connectivity index (χ4v) is 2.96. The highest BCUT2D eigenvalue weighted by Gasteiger charge is 2.20. The summed E-state index contributed by atoms with van der Waals surface area (Å²) in [6.07, 6.45) is 3.80. The van der Waals surface area contributed by atoms with Crippen molar-refractivity contribution in [1.29, 1.82) is 0 Å². The van der Waals surface area contributed by atoms with Crippen molar-refractivity contribution in [2.75, 3.05) is 0 Å². The van der Waals surface area contributed by atoms with Gasteiger partial charge >= 0.3 is 11.4 Å². The molecule has 3 aromatic rings. The maximum Gasteiger partial charge on any atom is 0.359 e. The van der Waals surface area contributed by atoms with Crippen molar-refractivity contribution >= 4 is 5.65 Å². The van der Waals surface area contributed by atoms with Crippen LogP contribution in [0.4, 0.5) is 0 Å². The molecule has 0 aliphatic heterocycles. The molecule has 6 heteroatoms. The summed E-state index contributed by atoms with van der Waals surface area (Å²) in [7, 11) is 0. The first-order valence-electron chi connectivity index (χ1n) is 7.07. The largest absolute Gasteiger partial charge is 0.359 e. The van der Waals surface area contributed by atoms with Crippen LogP contribution in [0.5, 0.6) is 0 Å². The number of rotatable bonds is 1. The molecule has 1 N–H and O–H groups in total. The van der Waals surface area contributed by atoms with Crippen molar-refractivity contribution in [1.82, 2.24) is 19.2 Å². The van der Waals surface area contributed by atoms with Crippen LogP contribution in [0.2, 0.25) is 0 Å². The second kappa shape index (κ2) is 4.44. The number of hydrogen-bond donors (Lipinski definition) is 1. The Balaban J connectivity index is 2.09. The Kier molecular flexibility index (Phi) is 2.57. The van der Waals surface area contributed by atoms with Crippen LogP contribution in [0.1, 0.15) is 24.1 Å². The van der Waals surface area contributed by atoms with Gasteiger partial charge in [0.25, 0.3) is 0 Å². The van der Waals surface area contributed by atoms with Crippen LogP contribution >= 0.6 is 0 Å². The molecule has 4 rings (SSSR count). The highest BCUT2D eigenvalue weighted by atomic mass is 16.2. The number of benzene rings is 1. The lowest BCUT2D eigenvalue weighted by Crippen LogP contribution is -2.31. The number of nitrogens with one attached hydrogen (secondary N) is 1. The standard InChI is InChI=1S/C15H14N4O2/c20-14-16-12-9-5-4-8-11(12)13-17-19(15(21)18(13)14)10-6-2-1-3-7-10/h1-3,6-7H,4-5,8-9H2,(H,16,20). The smallest absolute Gasteiger partial charge is 0.310 e. The summed E-state index contributed by atoms with van der Waals surface area (Å²) < 4.78 is 2.43. The second-order valence-corrected chi connectivity index (χ2v) is 5.28. The zero-order valence-electron chi connectivity index (χ0n) is 11.4. The fraction of sp³-hybridized carbons (Fsp3) is 0.267. The molecule has 0 bridgehead atoms. The van der Waals surface area contributed by atoms with Gasteiger partial charge in [-0.1, -0.05) is 18.2 Å². The Labute approximate surface area is 119 Å². The molecular formula is C15H14N4O2. The molecule has 0 radical (unpaired) electrons. The van der Waals surface area contributed by atoms with Gasteiger partial charge in [0.2, 0.25) is 0 Å². The summed E-state index contributed by atoms with van der Waals surface area (Å²) >= 11 is 0. The summed E-state index contributed by atoms with van der Waals surface area (Å²) in [4.78, 5) is 27.5. The van der Waals surface area contributed by atoms with Gasteiger partial charge in [0.15, 0.2) is 5.65 Å². The maximum atomic E-state index is 12.5. The molecule has 1 aliphatic carbocycles. The normalized spacial score (nSPS) is 14.3. The molecule has 21 heavy (non-hydrogen) atoms. The van der Waals surface area contributed by atoms with Crippen molar-refractivity contribution in [2.45, 2.75) is 25.7 Å². The van der Waals surface area contributed by atoms with E-state index in [-0.39, 0.29) is 0 Å². The number of nitrogens with zero attached hydrogens (tertiary/aromatic N) is 3. The summed E-state index contributed by atoms with van der Waals surface area (Å²) in [5.74, 6) is 0. The lowest BCUT2D eigenvalue weighted by molar-refractivity contribution is 0.658. The van der Waals surface area contributed by atoms with Gasteiger partial charge in [0.1, 0.15) is 0 Å². The summed E-state index contributed by atoms with van der Waals surface area (Å²) in [6.45, 7) is 0. The molecule has 0 saturated heterocycles. The van der Waals surface area contributed by atoms with Crippen molar-refractivity contribution in [3.05, 3.63) is 62.6 Å². The minimum absolute atomic E-state index is 0.405. The van der Waals surface area contributed by atoms with Gasteiger partial charge in [0, 0.05) is 11.3 Å². The van der Waals surface area contributed by atoms with E-state index in [1.165, 1.54) is 4.68 Å². The van der Waals surface area contributed by atoms with Crippen LogP contribution in [0, 0.1) is 0 Å². The van der Waals surface area contributed by atoms with Gasteiger partial charge < -0.3 is 4.98 Å². The van der Waals surface area contributed by atoms with Crippen molar-refractivity contribution in [2.24, 2.45) is 0 Å². The van der Waals surface area contributed by atoms with Crippen LogP contribution in [0.3, 0.4) is 0 Å². The first kappa shape index (κ1) is 12.1. The van der Waals surface area contributed by atoms with E-state index in [9.17, 15) is 9.59 Å². The summed E-state index contributed by atoms with van der Waals surface area (Å²) in [6, 6.07) is 9.15. The zero-order chi connectivity index (χ0) is 14.4. The van der Waals surface area contributed by atoms with E-state index in [4.69, 9.17) is 0 Å². The minimum atomic E-state index is -0.425. The minimum Gasteiger partial charge on any atom is -0.310 e. The molecule has 0 unspecified atom stereocenters. The van der Waals surface area contributed by atoms with E-state index in [1.807, 2.05) is 18.2 Å². The Morgan fingerprint density at radius 3 is 2.62 bits per heavy atom. The maximum absolute atomic E-state index is 12.5. The molecule has 0 spiro atoms. The van der Waals surface area contributed by atoms with E-state index in [0.717, 1.165) is 41.3 Å². The number of aromatic amines is 1. The highest BCUT2D eigenvalue weighted by molar-refractivity contribution is 5.50. The summed E-state index contributed by atoms with van der Waals surface area (Å²) in [5, 5.41) is 4.40. The summed E-state index contributed by atoms with van der Waals surface area (Å²) in [5.41, 5.74) is 2.23. The molecule has 1 aromatic carbocycles. The van der Waals surface area contributed by atoms with Gasteiger partial charge in [-0.3, -0.25) is 0 Å². The van der Waals surface area contributed by atoms with E-state index in [0.29, 0.717) is 11.3 Å². The van der Waals surface area contributed by atoms with E-state index in [2.05, 4.69) is 10.1 Å². The van der Waals surface area contributed by atoms with Gasteiger partial charge in [-0.05, 0) is 37.8 Å². The topological polar surface area (TPSA) is 72.2 Å². The van der Waals surface area contributed by atoms with Crippen LogP contribution < -0.4 is 11.4 Å². The van der Waals surface area contributed by atoms with Crippen LogP contribution in [-0.2, 0) is 12.8 Å². The number of H-pyrrole nitrogens is 1. The molecule has 106 valence electrons. The van der Waals surface area contributed by atoms with Crippen molar-refractivity contribution in [3.63, 3.8) is 0 Å². The van der Waals surface area contributed by atoms with E-state index >= 15 is 0 Å². The number of hydrogen-bond acceptors (Lipinski definition) is 3. The Morgan fingerprint density at radius 2 is 1.81 bits per heavy atom. The molecule has 2 heterocycles. The van der Waals surface area contributed by atoms with E-state index in [1.54, 1.807) is 12.1 Å². The molecule has 0 fully saturated rings. The van der Waals surface area contributed by atoms with Crippen molar-refractivity contribution in [3.8, 4) is 5.69 Å². The predicted molar refractivity (Wildman–Crippen MR) is 78.1 cm³/mol. The first-order chi connectivity index (χ1) is 10.3. The monoisotopic (exact) mass is 282 g/mol. The van der Waals surface area contributed by atoms with Crippen LogP contribution in [-0.4, -0.2) is 19.2 Å². The third-order valence-electron chi connectivity index (χ3n) is 3.98. The quantitative estimate of drug-likeness (QED) is 0.725. The van der Waals surface area contributed by atoms with Gasteiger partial charge in [0.05, 0.1) is 5.69 Å². The third-order valence-corrected chi connectivity index (χ3v) is 3.98. The van der Waals surface area contributed by atoms with Crippen molar-refractivity contribution < 1.29 is 0 Å². The Hall–Kier alpha value is -2.63. The molecule has 0 amide bonds. The highest BCUT2D eigenvalue weighted by Crippen LogP contribution is 2.20. The molecule has 0 saturated carbocycles. The molecule has 6 nitrogen and oxygen atoms in total. The van der Waals surface area contributed by atoms with Gasteiger partial charge in [-0.2, -0.15) is 9.08 Å². The molecular weight excluding hydrogens is 268 g/mol. The lowest BCUT2D eigenvalue weighted by Gasteiger charge is -2.14. The fourth-order valence-electron chi connectivity index (χ4n) is 2.96. The molecule has 0 atom stereocenters. The Morgan fingerprint density at radius 1 is 1.05 bits per heavy atom. The van der Waals surface area contributed by atoms with Gasteiger partial charge in [-0.25, -0.2) is 9.59 Å². The number of para-hydroxylation sites is 1. The molecule has 1 aliphatic rings. The number of aromatic nitrogens is 4.